The number of hydrogen-bond donors (Lipinski definition) is 0. The zero-order valence-corrected chi connectivity index (χ0v) is 10.9. The molecule has 0 aromatic rings. The second kappa shape index (κ2) is 3.44. The first kappa shape index (κ1) is 11.4. The molecule has 0 aromatic carbocycles. The Morgan fingerprint density at radius 1 is 1.53 bits per heavy atom. The summed E-state index contributed by atoms with van der Waals surface area (Å²) in [6, 6.07) is 0.546. The quantitative estimate of drug-likeness (QED) is 0.584. The Balaban J connectivity index is 2.39. The standard InChI is InChI=1S/C11H19BN2S/c1-10(12)7-5-6-8-11(10,2)15-9(13-3)14(8)4/h8H,5-7H2,1-4H3. The minimum atomic E-state index is -0.0821. The molecule has 1 saturated heterocycles. The third kappa shape index (κ3) is 1.44. The summed E-state index contributed by atoms with van der Waals surface area (Å²) in [6.07, 6.45) is 3.60. The van der Waals surface area contributed by atoms with Crippen molar-refractivity contribution in [1.82, 2.24) is 4.90 Å². The fourth-order valence-corrected chi connectivity index (χ4v) is 4.40. The molecule has 3 atom stereocenters. The van der Waals surface area contributed by atoms with Gasteiger partial charge in [0.25, 0.3) is 0 Å². The lowest BCUT2D eigenvalue weighted by Crippen LogP contribution is -2.50. The highest BCUT2D eigenvalue weighted by Gasteiger charge is 2.56. The van der Waals surface area contributed by atoms with Crippen molar-refractivity contribution < 1.29 is 0 Å². The highest BCUT2D eigenvalue weighted by molar-refractivity contribution is 8.15. The lowest BCUT2D eigenvalue weighted by atomic mass is 9.54. The summed E-state index contributed by atoms with van der Waals surface area (Å²) < 4.78 is 0.120. The van der Waals surface area contributed by atoms with E-state index in [4.69, 9.17) is 7.85 Å². The summed E-state index contributed by atoms with van der Waals surface area (Å²) in [4.78, 5) is 6.67. The van der Waals surface area contributed by atoms with Gasteiger partial charge in [0.15, 0.2) is 5.17 Å². The number of aliphatic imine (C=N–C) groups is 1. The SMILES string of the molecule is [B]C1(C)CCCC2N(C)C(=NC)SC21C. The average Bonchev–Trinajstić information content (AvgIpc) is 2.42. The van der Waals surface area contributed by atoms with Crippen LogP contribution in [0, 0.1) is 0 Å². The second-order valence-corrected chi connectivity index (χ2v) is 6.57. The Labute approximate surface area is 98.3 Å². The van der Waals surface area contributed by atoms with Crippen LogP contribution in [0.2, 0.25) is 5.31 Å². The molecule has 0 bridgehead atoms. The summed E-state index contributed by atoms with van der Waals surface area (Å²) >= 11 is 1.86. The van der Waals surface area contributed by atoms with Crippen molar-refractivity contribution in [2.75, 3.05) is 14.1 Å². The van der Waals surface area contributed by atoms with Crippen LogP contribution < -0.4 is 0 Å². The molecule has 2 nitrogen and oxygen atoms in total. The fourth-order valence-electron chi connectivity index (χ4n) is 2.91. The van der Waals surface area contributed by atoms with Gasteiger partial charge in [-0.3, -0.25) is 4.99 Å². The molecule has 0 spiro atoms. The van der Waals surface area contributed by atoms with Gasteiger partial charge in [0.1, 0.15) is 0 Å². The van der Waals surface area contributed by atoms with E-state index in [0.29, 0.717) is 6.04 Å². The Morgan fingerprint density at radius 2 is 2.20 bits per heavy atom. The van der Waals surface area contributed by atoms with Crippen LogP contribution in [0.3, 0.4) is 0 Å². The van der Waals surface area contributed by atoms with Gasteiger partial charge in [0.2, 0.25) is 0 Å². The molecule has 3 unspecified atom stereocenters. The van der Waals surface area contributed by atoms with E-state index in [9.17, 15) is 0 Å². The van der Waals surface area contributed by atoms with Gasteiger partial charge in [-0.2, -0.15) is 0 Å². The van der Waals surface area contributed by atoms with Crippen molar-refractivity contribution in [3.63, 3.8) is 0 Å². The van der Waals surface area contributed by atoms with Gasteiger partial charge in [-0.05, 0) is 13.3 Å². The molecule has 1 heterocycles. The van der Waals surface area contributed by atoms with Crippen molar-refractivity contribution in [2.24, 2.45) is 4.99 Å². The summed E-state index contributed by atoms with van der Waals surface area (Å²) in [5.74, 6) is 0. The number of nitrogens with zero attached hydrogens (tertiary/aromatic N) is 2. The summed E-state index contributed by atoms with van der Waals surface area (Å²) in [7, 11) is 10.5. The lowest BCUT2D eigenvalue weighted by molar-refractivity contribution is 0.204. The Morgan fingerprint density at radius 3 is 2.73 bits per heavy atom. The first-order chi connectivity index (χ1) is 6.92. The molecule has 1 aliphatic heterocycles. The normalized spacial score (nSPS) is 48.4. The van der Waals surface area contributed by atoms with Gasteiger partial charge in [-0.15, -0.1) is 0 Å². The van der Waals surface area contributed by atoms with Crippen LogP contribution in [-0.2, 0) is 0 Å². The van der Waals surface area contributed by atoms with E-state index in [-0.39, 0.29) is 10.1 Å². The van der Waals surface area contributed by atoms with E-state index in [1.165, 1.54) is 12.8 Å². The Kier molecular flexibility index (Phi) is 2.61. The van der Waals surface area contributed by atoms with E-state index in [1.54, 1.807) is 0 Å². The first-order valence-corrected chi connectivity index (χ1v) is 6.41. The van der Waals surface area contributed by atoms with Crippen molar-refractivity contribution in [2.45, 2.75) is 49.2 Å². The number of thioether (sulfide) groups is 1. The topological polar surface area (TPSA) is 15.6 Å². The van der Waals surface area contributed by atoms with Crippen molar-refractivity contribution in [3.05, 3.63) is 0 Å². The number of hydrogen-bond acceptors (Lipinski definition) is 2. The van der Waals surface area contributed by atoms with Gasteiger partial charge >= 0.3 is 0 Å². The van der Waals surface area contributed by atoms with Crippen LogP contribution >= 0.6 is 11.8 Å². The van der Waals surface area contributed by atoms with Gasteiger partial charge in [0.05, 0.1) is 7.85 Å². The molecule has 2 fully saturated rings. The van der Waals surface area contributed by atoms with Gasteiger partial charge in [0, 0.05) is 24.9 Å². The van der Waals surface area contributed by atoms with E-state index in [0.717, 1.165) is 11.6 Å². The molecule has 0 aromatic heterocycles. The monoisotopic (exact) mass is 222 g/mol. The van der Waals surface area contributed by atoms with Crippen LogP contribution in [0.25, 0.3) is 0 Å². The molecule has 2 radical (unpaired) electrons. The van der Waals surface area contributed by atoms with Crippen LogP contribution in [0.5, 0.6) is 0 Å². The maximum absolute atomic E-state index is 6.47. The highest BCUT2D eigenvalue weighted by Crippen LogP contribution is 2.60. The predicted octanol–water partition coefficient (Wildman–Crippen LogP) is 2.31. The second-order valence-electron chi connectivity index (χ2n) is 5.15. The Bertz CT molecular complexity index is 303. The van der Waals surface area contributed by atoms with Crippen LogP contribution in [0.15, 0.2) is 4.99 Å². The predicted molar refractivity (Wildman–Crippen MR) is 68.9 cm³/mol. The molecule has 1 aliphatic carbocycles. The van der Waals surface area contributed by atoms with Gasteiger partial charge < -0.3 is 4.90 Å². The molecule has 2 aliphatic rings. The van der Waals surface area contributed by atoms with E-state index < -0.39 is 0 Å². The zero-order chi connectivity index (χ0) is 11.3. The third-order valence-corrected chi connectivity index (χ3v) is 6.02. The molecular formula is C11H19BN2S. The maximum Gasteiger partial charge on any atom is 0.159 e. The van der Waals surface area contributed by atoms with Crippen molar-refractivity contribution >= 4 is 24.8 Å². The molecule has 2 rings (SSSR count). The number of amidine groups is 1. The van der Waals surface area contributed by atoms with E-state index >= 15 is 0 Å². The Hall–Kier alpha value is -0.115. The fraction of sp³-hybridized carbons (Fsp3) is 0.909. The largest absolute Gasteiger partial charge is 0.350 e. The smallest absolute Gasteiger partial charge is 0.159 e. The van der Waals surface area contributed by atoms with Gasteiger partial charge in [-0.25, -0.2) is 0 Å². The molecule has 4 heteroatoms. The van der Waals surface area contributed by atoms with Crippen LogP contribution in [-0.4, -0.2) is 42.8 Å². The van der Waals surface area contributed by atoms with Gasteiger partial charge in [-0.1, -0.05) is 36.8 Å². The highest BCUT2D eigenvalue weighted by atomic mass is 32.2. The van der Waals surface area contributed by atoms with E-state index in [1.807, 2.05) is 18.8 Å². The molecular weight excluding hydrogens is 203 g/mol. The molecule has 0 amide bonds. The zero-order valence-electron chi connectivity index (χ0n) is 10.1. The number of fused-ring (bicyclic) bond motifs is 1. The molecule has 0 N–H and O–H groups in total. The molecule has 15 heavy (non-hydrogen) atoms. The van der Waals surface area contributed by atoms with Crippen LogP contribution in [0.4, 0.5) is 0 Å². The number of rotatable bonds is 0. The van der Waals surface area contributed by atoms with Crippen LogP contribution in [0.1, 0.15) is 33.1 Å². The third-order valence-electron chi connectivity index (χ3n) is 4.21. The maximum atomic E-state index is 6.47. The molecule has 1 saturated carbocycles. The minimum Gasteiger partial charge on any atom is -0.350 e. The minimum absolute atomic E-state index is 0.0821. The van der Waals surface area contributed by atoms with Crippen molar-refractivity contribution in [1.29, 1.82) is 0 Å². The summed E-state index contributed by atoms with van der Waals surface area (Å²) in [5.41, 5.74) is 0. The average molecular weight is 222 g/mol. The van der Waals surface area contributed by atoms with Crippen molar-refractivity contribution in [3.8, 4) is 0 Å². The lowest BCUT2D eigenvalue weighted by Gasteiger charge is -2.49. The first-order valence-electron chi connectivity index (χ1n) is 5.60. The summed E-state index contributed by atoms with van der Waals surface area (Å²) in [6.45, 7) is 4.49. The summed E-state index contributed by atoms with van der Waals surface area (Å²) in [5, 5.41) is 1.06. The molecule has 82 valence electrons. The van der Waals surface area contributed by atoms with E-state index in [2.05, 4.69) is 30.8 Å².